The van der Waals surface area contributed by atoms with Gasteiger partial charge in [-0.1, -0.05) is 23.4 Å². The van der Waals surface area contributed by atoms with Crippen LogP contribution in [0.25, 0.3) is 0 Å². The van der Waals surface area contributed by atoms with Gasteiger partial charge in [0, 0.05) is 15.7 Å². The highest BCUT2D eigenvalue weighted by atomic mass is 79.9. The smallest absolute Gasteiger partial charge is 0.213 e. The molecule has 0 fully saturated rings. The number of hydrogen-bond donors (Lipinski definition) is 2. The zero-order valence-electron chi connectivity index (χ0n) is 8.68. The lowest BCUT2D eigenvalue weighted by Crippen LogP contribution is -2.14. The van der Waals surface area contributed by atoms with E-state index in [4.69, 9.17) is 18.0 Å². The highest BCUT2D eigenvalue weighted by Crippen LogP contribution is 2.24. The summed E-state index contributed by atoms with van der Waals surface area (Å²) in [6.07, 6.45) is 1.28. The number of halogens is 1. The van der Waals surface area contributed by atoms with E-state index in [9.17, 15) is 0 Å². The molecule has 0 aliphatic rings. The summed E-state index contributed by atoms with van der Waals surface area (Å²) in [6, 6.07) is 5.66. The Hall–Kier alpha value is -1.47. The van der Waals surface area contributed by atoms with Crippen LogP contribution in [0.1, 0.15) is 11.4 Å². The van der Waals surface area contributed by atoms with Gasteiger partial charge in [-0.3, -0.25) is 0 Å². The van der Waals surface area contributed by atoms with Crippen LogP contribution in [-0.4, -0.2) is 15.1 Å². The van der Waals surface area contributed by atoms with E-state index >= 15 is 0 Å². The third-order valence-corrected chi connectivity index (χ3v) is 2.97. The first kappa shape index (κ1) is 12.0. The van der Waals surface area contributed by atoms with Crippen LogP contribution in [0.15, 0.2) is 33.6 Å². The van der Waals surface area contributed by atoms with Gasteiger partial charge < -0.3 is 15.6 Å². The summed E-state index contributed by atoms with van der Waals surface area (Å²) in [6.45, 7) is 0.447. The molecule has 2 rings (SSSR count). The van der Waals surface area contributed by atoms with E-state index in [2.05, 4.69) is 35.9 Å². The van der Waals surface area contributed by atoms with Gasteiger partial charge in [-0.05, 0) is 28.1 Å². The van der Waals surface area contributed by atoms with E-state index in [0.717, 1.165) is 15.7 Å². The van der Waals surface area contributed by atoms with Gasteiger partial charge in [0.1, 0.15) is 4.99 Å². The van der Waals surface area contributed by atoms with Crippen LogP contribution in [-0.2, 0) is 6.54 Å². The predicted octanol–water partition coefficient (Wildman–Crippen LogP) is 2.08. The number of nitrogens with zero attached hydrogens (tertiary/aromatic N) is 2. The minimum absolute atomic E-state index is 0.327. The van der Waals surface area contributed by atoms with Gasteiger partial charge in [-0.2, -0.15) is 4.98 Å². The van der Waals surface area contributed by atoms with Gasteiger partial charge in [-0.15, -0.1) is 0 Å². The van der Waals surface area contributed by atoms with Crippen LogP contribution in [0.3, 0.4) is 0 Å². The lowest BCUT2D eigenvalue weighted by atomic mass is 10.2. The molecule has 5 nitrogen and oxygen atoms in total. The van der Waals surface area contributed by atoms with Gasteiger partial charge >= 0.3 is 0 Å². The molecule has 0 radical (unpaired) electrons. The van der Waals surface area contributed by atoms with E-state index in [1.54, 1.807) is 0 Å². The van der Waals surface area contributed by atoms with Crippen molar-refractivity contribution in [1.82, 2.24) is 10.1 Å². The van der Waals surface area contributed by atoms with E-state index < -0.39 is 0 Å². The lowest BCUT2D eigenvalue weighted by Gasteiger charge is -2.11. The summed E-state index contributed by atoms with van der Waals surface area (Å²) in [7, 11) is 0. The molecule has 7 heteroatoms. The average Bonchev–Trinajstić information content (AvgIpc) is 2.78. The number of hydrogen-bond acceptors (Lipinski definition) is 5. The van der Waals surface area contributed by atoms with E-state index in [1.807, 2.05) is 18.2 Å². The standard InChI is InChI=1S/C10H9BrN4OS/c11-6-2-1-3-7(9(6)10(12)17)13-4-8-14-5-16-15-8/h1-3,5,13H,4H2,(H2,12,17). The number of thiocarbonyl (C=S) groups is 1. The maximum Gasteiger partial charge on any atom is 0.213 e. The minimum Gasteiger partial charge on any atom is -0.389 e. The third-order valence-electron chi connectivity index (χ3n) is 2.10. The second-order valence-corrected chi connectivity index (χ2v) is 4.52. The monoisotopic (exact) mass is 312 g/mol. The fourth-order valence-electron chi connectivity index (χ4n) is 1.37. The molecule has 0 amide bonds. The number of nitrogens with one attached hydrogen (secondary N) is 1. The number of rotatable bonds is 4. The molecule has 0 aliphatic heterocycles. The Morgan fingerprint density at radius 3 is 3.00 bits per heavy atom. The first-order chi connectivity index (χ1) is 8.18. The minimum atomic E-state index is 0.327. The molecule has 0 saturated carbocycles. The largest absolute Gasteiger partial charge is 0.389 e. The number of aromatic nitrogens is 2. The van der Waals surface area contributed by atoms with Crippen molar-refractivity contribution in [2.75, 3.05) is 5.32 Å². The predicted molar refractivity (Wildman–Crippen MR) is 71.7 cm³/mol. The Balaban J connectivity index is 2.21. The van der Waals surface area contributed by atoms with Crippen LogP contribution < -0.4 is 11.1 Å². The molecule has 0 atom stereocenters. The SMILES string of the molecule is NC(=S)c1c(Br)cccc1NCc1ncon1. The van der Waals surface area contributed by atoms with Crippen molar-refractivity contribution < 1.29 is 4.52 Å². The highest BCUT2D eigenvalue weighted by molar-refractivity contribution is 9.10. The highest BCUT2D eigenvalue weighted by Gasteiger charge is 2.09. The van der Waals surface area contributed by atoms with Crippen molar-refractivity contribution in [3.8, 4) is 0 Å². The Labute approximate surface area is 112 Å². The summed E-state index contributed by atoms with van der Waals surface area (Å²) < 4.78 is 5.49. The molecule has 1 aromatic heterocycles. The van der Waals surface area contributed by atoms with Gasteiger partial charge in [0.2, 0.25) is 6.39 Å². The molecule has 0 unspecified atom stereocenters. The fourth-order valence-corrected chi connectivity index (χ4v) is 2.30. The quantitative estimate of drug-likeness (QED) is 0.842. The van der Waals surface area contributed by atoms with Crippen molar-refractivity contribution in [3.63, 3.8) is 0 Å². The first-order valence-corrected chi connectivity index (χ1v) is 5.96. The topological polar surface area (TPSA) is 77.0 Å². The van der Waals surface area contributed by atoms with Gasteiger partial charge in [-0.25, -0.2) is 0 Å². The molecule has 0 bridgehead atoms. The molecule has 0 spiro atoms. The van der Waals surface area contributed by atoms with Crippen LogP contribution in [0.4, 0.5) is 5.69 Å². The summed E-state index contributed by atoms with van der Waals surface area (Å²) in [4.78, 5) is 4.24. The Morgan fingerprint density at radius 1 is 1.53 bits per heavy atom. The third kappa shape index (κ3) is 2.80. The van der Waals surface area contributed by atoms with E-state index in [0.29, 0.717) is 17.4 Å². The summed E-state index contributed by atoms with van der Waals surface area (Å²) in [5.41, 5.74) is 7.28. The number of benzene rings is 1. The average molecular weight is 313 g/mol. The summed E-state index contributed by atoms with van der Waals surface area (Å²) >= 11 is 8.42. The molecular formula is C10H9BrN4OS. The van der Waals surface area contributed by atoms with Crippen molar-refractivity contribution in [1.29, 1.82) is 0 Å². The van der Waals surface area contributed by atoms with Crippen LogP contribution in [0.5, 0.6) is 0 Å². The van der Waals surface area contributed by atoms with Gasteiger partial charge in [0.05, 0.1) is 6.54 Å². The number of nitrogens with two attached hydrogens (primary N) is 1. The maximum atomic E-state index is 5.68. The molecule has 0 saturated heterocycles. The molecule has 3 N–H and O–H groups in total. The Morgan fingerprint density at radius 2 is 2.35 bits per heavy atom. The summed E-state index contributed by atoms with van der Waals surface area (Å²) in [5.74, 6) is 0.568. The van der Waals surface area contributed by atoms with Gasteiger partial charge in [0.15, 0.2) is 5.82 Å². The van der Waals surface area contributed by atoms with E-state index in [1.165, 1.54) is 6.39 Å². The Kier molecular flexibility index (Phi) is 3.70. The maximum absolute atomic E-state index is 5.68. The first-order valence-electron chi connectivity index (χ1n) is 4.76. The van der Waals surface area contributed by atoms with Crippen LogP contribution in [0.2, 0.25) is 0 Å². The second-order valence-electron chi connectivity index (χ2n) is 3.23. The molecular weight excluding hydrogens is 304 g/mol. The molecule has 17 heavy (non-hydrogen) atoms. The summed E-state index contributed by atoms with van der Waals surface area (Å²) in [5, 5.41) is 6.86. The number of anilines is 1. The molecule has 1 aromatic carbocycles. The molecule has 88 valence electrons. The lowest BCUT2D eigenvalue weighted by molar-refractivity contribution is 0.411. The zero-order valence-corrected chi connectivity index (χ0v) is 11.1. The van der Waals surface area contributed by atoms with Crippen molar-refractivity contribution in [3.05, 3.63) is 40.5 Å². The van der Waals surface area contributed by atoms with Crippen LogP contribution >= 0.6 is 28.1 Å². The van der Waals surface area contributed by atoms with E-state index in [-0.39, 0.29) is 0 Å². The van der Waals surface area contributed by atoms with Crippen molar-refractivity contribution in [2.45, 2.75) is 6.54 Å². The fraction of sp³-hybridized carbons (Fsp3) is 0.100. The molecule has 0 aliphatic carbocycles. The normalized spacial score (nSPS) is 10.2. The molecule has 1 heterocycles. The second kappa shape index (κ2) is 5.24. The van der Waals surface area contributed by atoms with Gasteiger partial charge in [0.25, 0.3) is 0 Å². The molecule has 2 aromatic rings. The Bertz CT molecular complexity index is 529. The zero-order chi connectivity index (χ0) is 12.3. The van der Waals surface area contributed by atoms with Crippen molar-refractivity contribution in [2.24, 2.45) is 5.73 Å². The van der Waals surface area contributed by atoms with Crippen LogP contribution in [0, 0.1) is 0 Å². The van der Waals surface area contributed by atoms with Crippen molar-refractivity contribution >= 4 is 38.8 Å².